The summed E-state index contributed by atoms with van der Waals surface area (Å²) in [7, 11) is 0. The van der Waals surface area contributed by atoms with Crippen LogP contribution in [0.1, 0.15) is 32.6 Å². The highest BCUT2D eigenvalue weighted by atomic mass is 16.5. The van der Waals surface area contributed by atoms with Crippen molar-refractivity contribution in [3.05, 3.63) is 12.4 Å². The second-order valence-corrected chi connectivity index (χ2v) is 5.04. The summed E-state index contributed by atoms with van der Waals surface area (Å²) in [6.07, 6.45) is 6.12. The lowest BCUT2D eigenvalue weighted by molar-refractivity contribution is 0.208. The van der Waals surface area contributed by atoms with E-state index in [0.29, 0.717) is 36.8 Å². The Hall–Kier alpha value is -1.36. The molecule has 19 heavy (non-hydrogen) atoms. The highest BCUT2D eigenvalue weighted by molar-refractivity contribution is 5.18. The molecule has 0 radical (unpaired) electrons. The minimum atomic E-state index is 0.556. The van der Waals surface area contributed by atoms with Gasteiger partial charge >= 0.3 is 0 Å². The topological polar surface area (TPSA) is 70.3 Å². The van der Waals surface area contributed by atoms with Crippen molar-refractivity contribution in [2.45, 2.75) is 32.6 Å². The second kappa shape index (κ2) is 7.28. The zero-order valence-electron chi connectivity index (χ0n) is 11.5. The first-order chi connectivity index (χ1) is 9.33. The van der Waals surface area contributed by atoms with Gasteiger partial charge in [-0.3, -0.25) is 0 Å². The van der Waals surface area contributed by atoms with E-state index in [1.54, 1.807) is 6.07 Å². The number of hydrogen-bond donors (Lipinski definition) is 1. The second-order valence-electron chi connectivity index (χ2n) is 5.04. The molecular formula is C14H23N3O2. The quantitative estimate of drug-likeness (QED) is 0.816. The highest BCUT2D eigenvalue weighted by Gasteiger charge is 2.26. The Morgan fingerprint density at radius 2 is 1.95 bits per heavy atom. The lowest BCUT2D eigenvalue weighted by Crippen LogP contribution is -2.23. The van der Waals surface area contributed by atoms with Gasteiger partial charge in [-0.05, 0) is 37.6 Å². The van der Waals surface area contributed by atoms with Crippen LogP contribution in [0.25, 0.3) is 0 Å². The van der Waals surface area contributed by atoms with Crippen molar-refractivity contribution in [1.29, 1.82) is 0 Å². The normalized spacial score (nSPS) is 22.4. The van der Waals surface area contributed by atoms with Gasteiger partial charge in [0.1, 0.15) is 6.33 Å². The molecule has 1 aromatic rings. The molecular weight excluding hydrogens is 242 g/mol. The van der Waals surface area contributed by atoms with Gasteiger partial charge in [0.25, 0.3) is 0 Å². The molecule has 5 nitrogen and oxygen atoms in total. The van der Waals surface area contributed by atoms with Gasteiger partial charge in [0.15, 0.2) is 0 Å². The Kier molecular flexibility index (Phi) is 5.39. The van der Waals surface area contributed by atoms with E-state index in [-0.39, 0.29) is 0 Å². The molecule has 2 atom stereocenters. The zero-order valence-corrected chi connectivity index (χ0v) is 11.5. The van der Waals surface area contributed by atoms with E-state index < -0.39 is 0 Å². The molecule has 5 heteroatoms. The average Bonchev–Trinajstić information content (AvgIpc) is 2.91. The molecule has 0 aliphatic heterocycles. The standard InChI is InChI=1S/C14H23N3O2/c1-2-6-18-13-7-14(17-10-16-13)19-9-12-5-3-4-11(12)8-15/h7,10-12H,2-6,8-9,15H2,1H3. The molecule has 106 valence electrons. The Balaban J connectivity index is 1.85. The summed E-state index contributed by atoms with van der Waals surface area (Å²) in [6.45, 7) is 4.16. The summed E-state index contributed by atoms with van der Waals surface area (Å²) in [5.74, 6) is 2.31. The third-order valence-electron chi connectivity index (χ3n) is 3.64. The van der Waals surface area contributed by atoms with Gasteiger partial charge in [-0.2, -0.15) is 0 Å². The van der Waals surface area contributed by atoms with Crippen molar-refractivity contribution >= 4 is 0 Å². The Bertz CT molecular complexity index is 387. The SMILES string of the molecule is CCCOc1cc(OCC2CCCC2CN)ncn1. The van der Waals surface area contributed by atoms with Crippen LogP contribution in [0, 0.1) is 11.8 Å². The molecule has 0 saturated heterocycles. The van der Waals surface area contributed by atoms with Crippen molar-refractivity contribution < 1.29 is 9.47 Å². The number of aromatic nitrogens is 2. The zero-order chi connectivity index (χ0) is 13.5. The summed E-state index contributed by atoms with van der Waals surface area (Å²) in [6, 6.07) is 1.75. The first-order valence-electron chi connectivity index (χ1n) is 7.11. The third kappa shape index (κ3) is 4.06. The molecule has 1 aromatic heterocycles. The van der Waals surface area contributed by atoms with Gasteiger partial charge in [-0.25, -0.2) is 9.97 Å². The monoisotopic (exact) mass is 265 g/mol. The molecule has 1 aliphatic carbocycles. The van der Waals surface area contributed by atoms with Crippen LogP contribution in [0.3, 0.4) is 0 Å². The summed E-state index contributed by atoms with van der Waals surface area (Å²) in [5.41, 5.74) is 5.77. The maximum absolute atomic E-state index is 5.77. The average molecular weight is 265 g/mol. The number of ether oxygens (including phenoxy) is 2. The lowest BCUT2D eigenvalue weighted by Gasteiger charge is -2.17. The minimum Gasteiger partial charge on any atom is -0.478 e. The van der Waals surface area contributed by atoms with Crippen LogP contribution in [0.15, 0.2) is 12.4 Å². The molecule has 0 aromatic carbocycles. The lowest BCUT2D eigenvalue weighted by atomic mass is 9.97. The van der Waals surface area contributed by atoms with Crippen LogP contribution < -0.4 is 15.2 Å². The molecule has 0 amide bonds. The molecule has 2 rings (SSSR count). The molecule has 1 saturated carbocycles. The van der Waals surface area contributed by atoms with Crippen LogP contribution in [0.5, 0.6) is 11.8 Å². The third-order valence-corrected chi connectivity index (χ3v) is 3.64. The summed E-state index contributed by atoms with van der Waals surface area (Å²) < 4.78 is 11.2. The Labute approximate surface area is 114 Å². The smallest absolute Gasteiger partial charge is 0.220 e. The number of rotatable bonds is 7. The first-order valence-corrected chi connectivity index (χ1v) is 7.11. The van der Waals surface area contributed by atoms with E-state index >= 15 is 0 Å². The molecule has 2 unspecified atom stereocenters. The van der Waals surface area contributed by atoms with E-state index in [1.165, 1.54) is 25.6 Å². The highest BCUT2D eigenvalue weighted by Crippen LogP contribution is 2.31. The van der Waals surface area contributed by atoms with E-state index in [9.17, 15) is 0 Å². The number of nitrogens with two attached hydrogens (primary N) is 1. The van der Waals surface area contributed by atoms with Crippen molar-refractivity contribution in [1.82, 2.24) is 9.97 Å². The first kappa shape index (κ1) is 14.1. The van der Waals surface area contributed by atoms with Crippen molar-refractivity contribution in [2.75, 3.05) is 19.8 Å². The van der Waals surface area contributed by atoms with Crippen molar-refractivity contribution in [2.24, 2.45) is 17.6 Å². The Morgan fingerprint density at radius 3 is 2.68 bits per heavy atom. The maximum Gasteiger partial charge on any atom is 0.220 e. The van der Waals surface area contributed by atoms with Gasteiger partial charge in [-0.1, -0.05) is 13.3 Å². The van der Waals surface area contributed by atoms with Crippen LogP contribution in [0.4, 0.5) is 0 Å². The molecule has 0 bridgehead atoms. The van der Waals surface area contributed by atoms with Crippen LogP contribution in [-0.2, 0) is 0 Å². The molecule has 2 N–H and O–H groups in total. The van der Waals surface area contributed by atoms with Crippen LogP contribution in [-0.4, -0.2) is 29.7 Å². The van der Waals surface area contributed by atoms with Gasteiger partial charge in [0.05, 0.1) is 19.3 Å². The molecule has 1 aliphatic rings. The van der Waals surface area contributed by atoms with E-state index in [0.717, 1.165) is 13.0 Å². The molecule has 1 heterocycles. The fourth-order valence-corrected chi connectivity index (χ4v) is 2.52. The molecule has 1 fully saturated rings. The molecule has 0 spiro atoms. The predicted octanol–water partition coefficient (Wildman–Crippen LogP) is 2.02. The van der Waals surface area contributed by atoms with Gasteiger partial charge < -0.3 is 15.2 Å². The number of nitrogens with zero attached hydrogens (tertiary/aromatic N) is 2. The fraction of sp³-hybridized carbons (Fsp3) is 0.714. The van der Waals surface area contributed by atoms with E-state index in [2.05, 4.69) is 16.9 Å². The van der Waals surface area contributed by atoms with Gasteiger partial charge in [-0.15, -0.1) is 0 Å². The largest absolute Gasteiger partial charge is 0.478 e. The summed E-state index contributed by atoms with van der Waals surface area (Å²) in [5, 5.41) is 0. The minimum absolute atomic E-state index is 0.556. The number of hydrogen-bond acceptors (Lipinski definition) is 5. The fourth-order valence-electron chi connectivity index (χ4n) is 2.52. The predicted molar refractivity (Wildman–Crippen MR) is 73.2 cm³/mol. The summed E-state index contributed by atoms with van der Waals surface area (Å²) in [4.78, 5) is 8.17. The van der Waals surface area contributed by atoms with Crippen molar-refractivity contribution in [3.8, 4) is 11.8 Å². The Morgan fingerprint density at radius 1 is 1.21 bits per heavy atom. The maximum atomic E-state index is 5.77. The van der Waals surface area contributed by atoms with E-state index in [1.807, 2.05) is 0 Å². The van der Waals surface area contributed by atoms with Crippen LogP contribution >= 0.6 is 0 Å². The van der Waals surface area contributed by atoms with Crippen LogP contribution in [0.2, 0.25) is 0 Å². The van der Waals surface area contributed by atoms with E-state index in [4.69, 9.17) is 15.2 Å². The van der Waals surface area contributed by atoms with Crippen molar-refractivity contribution in [3.63, 3.8) is 0 Å². The van der Waals surface area contributed by atoms with Gasteiger partial charge in [0.2, 0.25) is 11.8 Å². The summed E-state index contributed by atoms with van der Waals surface area (Å²) >= 11 is 0. The van der Waals surface area contributed by atoms with Gasteiger partial charge in [0, 0.05) is 0 Å².